The standard InChI is InChI=1S/C5H5NO5/c7-2-6-3(5(10)11)1-4(8)9/h3H,1H2,(H,8,9)(H,10,11). The van der Waals surface area contributed by atoms with E-state index in [-0.39, 0.29) is 0 Å². The molecule has 0 fully saturated rings. The lowest BCUT2D eigenvalue weighted by Gasteiger charge is -1.98. The smallest absolute Gasteiger partial charge is 0.329 e. The van der Waals surface area contributed by atoms with Gasteiger partial charge >= 0.3 is 11.9 Å². The van der Waals surface area contributed by atoms with E-state index in [2.05, 4.69) is 4.99 Å². The topological polar surface area (TPSA) is 104 Å². The Balaban J connectivity index is 4.22. The molecular weight excluding hydrogens is 154 g/mol. The number of hydrogen-bond donors (Lipinski definition) is 2. The van der Waals surface area contributed by atoms with Gasteiger partial charge in [0.25, 0.3) is 0 Å². The van der Waals surface area contributed by atoms with Crippen LogP contribution in [0.1, 0.15) is 6.42 Å². The molecule has 0 bridgehead atoms. The average molecular weight is 159 g/mol. The Morgan fingerprint density at radius 2 is 2.00 bits per heavy atom. The van der Waals surface area contributed by atoms with E-state index in [9.17, 15) is 14.4 Å². The molecule has 0 saturated carbocycles. The minimum Gasteiger partial charge on any atom is -0.481 e. The van der Waals surface area contributed by atoms with Gasteiger partial charge in [0.1, 0.15) is 0 Å². The fraction of sp³-hybridized carbons (Fsp3) is 0.400. The predicted octanol–water partition coefficient (Wildman–Crippen LogP) is -0.750. The third kappa shape index (κ3) is 3.83. The zero-order valence-corrected chi connectivity index (χ0v) is 5.35. The van der Waals surface area contributed by atoms with Gasteiger partial charge in [-0.3, -0.25) is 4.79 Å². The van der Waals surface area contributed by atoms with Gasteiger partial charge in [-0.25, -0.2) is 9.59 Å². The van der Waals surface area contributed by atoms with Crippen molar-refractivity contribution < 1.29 is 24.6 Å². The van der Waals surface area contributed by atoms with E-state index in [0.717, 1.165) is 6.08 Å². The Labute approximate surface area is 61.2 Å². The molecule has 0 amide bonds. The van der Waals surface area contributed by atoms with E-state index in [1.807, 2.05) is 0 Å². The summed E-state index contributed by atoms with van der Waals surface area (Å²) in [6.45, 7) is 0. The molecule has 0 saturated heterocycles. The predicted molar refractivity (Wildman–Crippen MR) is 31.8 cm³/mol. The highest BCUT2D eigenvalue weighted by molar-refractivity contribution is 5.81. The van der Waals surface area contributed by atoms with Gasteiger partial charge in [-0.2, -0.15) is 4.99 Å². The van der Waals surface area contributed by atoms with Crippen LogP contribution in [0.2, 0.25) is 0 Å². The second-order valence-corrected chi connectivity index (χ2v) is 1.67. The first-order valence-electron chi connectivity index (χ1n) is 2.59. The normalized spacial score (nSPS) is 11.3. The molecule has 6 heteroatoms. The Morgan fingerprint density at radius 3 is 2.27 bits per heavy atom. The Bertz CT molecular complexity index is 215. The highest BCUT2D eigenvalue weighted by Crippen LogP contribution is 1.96. The fourth-order valence-corrected chi connectivity index (χ4v) is 0.417. The zero-order valence-electron chi connectivity index (χ0n) is 5.35. The Hall–Kier alpha value is -1.68. The molecule has 11 heavy (non-hydrogen) atoms. The van der Waals surface area contributed by atoms with Crippen molar-refractivity contribution in [3.63, 3.8) is 0 Å². The number of rotatable bonds is 4. The van der Waals surface area contributed by atoms with Gasteiger partial charge in [-0.05, 0) is 0 Å². The molecule has 0 aromatic carbocycles. The molecule has 0 aromatic heterocycles. The maximum atomic E-state index is 10.1. The van der Waals surface area contributed by atoms with Crippen LogP contribution in [0.25, 0.3) is 0 Å². The molecule has 0 aliphatic carbocycles. The summed E-state index contributed by atoms with van der Waals surface area (Å²) in [7, 11) is 0. The van der Waals surface area contributed by atoms with Crippen LogP contribution < -0.4 is 0 Å². The van der Waals surface area contributed by atoms with Crippen LogP contribution in [0.3, 0.4) is 0 Å². The number of hydrogen-bond acceptors (Lipinski definition) is 4. The minimum absolute atomic E-state index is 0.704. The maximum Gasteiger partial charge on any atom is 0.329 e. The lowest BCUT2D eigenvalue weighted by Crippen LogP contribution is -2.21. The zero-order chi connectivity index (χ0) is 8.85. The number of carboxylic acids is 2. The van der Waals surface area contributed by atoms with Gasteiger partial charge in [0.05, 0.1) is 6.42 Å². The first-order valence-corrected chi connectivity index (χ1v) is 2.59. The molecule has 0 aliphatic heterocycles. The van der Waals surface area contributed by atoms with Crippen molar-refractivity contribution in [1.82, 2.24) is 0 Å². The van der Waals surface area contributed by atoms with Crippen molar-refractivity contribution in [2.45, 2.75) is 12.5 Å². The Kier molecular flexibility index (Phi) is 3.55. The van der Waals surface area contributed by atoms with Crippen LogP contribution in [-0.2, 0) is 14.4 Å². The van der Waals surface area contributed by atoms with E-state index < -0.39 is 24.4 Å². The van der Waals surface area contributed by atoms with Gasteiger partial charge in [-0.1, -0.05) is 0 Å². The van der Waals surface area contributed by atoms with Crippen LogP contribution >= 0.6 is 0 Å². The summed E-state index contributed by atoms with van der Waals surface area (Å²) in [5.41, 5.74) is 0. The number of carboxylic acid groups (broad SMARTS) is 2. The quantitative estimate of drug-likeness (QED) is 0.414. The van der Waals surface area contributed by atoms with Crippen molar-refractivity contribution in [3.05, 3.63) is 0 Å². The lowest BCUT2D eigenvalue weighted by atomic mass is 10.2. The molecule has 0 spiro atoms. The highest BCUT2D eigenvalue weighted by Gasteiger charge is 2.19. The van der Waals surface area contributed by atoms with E-state index in [4.69, 9.17) is 10.2 Å². The Morgan fingerprint density at radius 1 is 1.45 bits per heavy atom. The second-order valence-electron chi connectivity index (χ2n) is 1.67. The van der Waals surface area contributed by atoms with Gasteiger partial charge < -0.3 is 10.2 Å². The van der Waals surface area contributed by atoms with E-state index in [1.165, 1.54) is 0 Å². The number of aliphatic carboxylic acids is 2. The average Bonchev–Trinajstić information content (AvgIpc) is 1.86. The van der Waals surface area contributed by atoms with Gasteiger partial charge in [0.2, 0.25) is 6.08 Å². The number of nitrogens with zero attached hydrogens (tertiary/aromatic N) is 1. The van der Waals surface area contributed by atoms with Crippen LogP contribution in [0.4, 0.5) is 0 Å². The van der Waals surface area contributed by atoms with Crippen LogP contribution in [-0.4, -0.2) is 34.3 Å². The molecule has 0 heterocycles. The molecule has 0 radical (unpaired) electrons. The first-order chi connectivity index (χ1) is 5.07. The number of carbonyl (C=O) groups excluding carboxylic acids is 1. The van der Waals surface area contributed by atoms with Gasteiger partial charge in [-0.15, -0.1) is 0 Å². The largest absolute Gasteiger partial charge is 0.481 e. The monoisotopic (exact) mass is 159 g/mol. The van der Waals surface area contributed by atoms with Gasteiger partial charge in [0, 0.05) is 0 Å². The summed E-state index contributed by atoms with van der Waals surface area (Å²) in [6, 6.07) is -1.52. The SMILES string of the molecule is O=C=NC(CC(=O)O)C(=O)O. The fourth-order valence-electron chi connectivity index (χ4n) is 0.417. The molecule has 1 atom stereocenters. The molecule has 60 valence electrons. The molecule has 1 unspecified atom stereocenters. The molecule has 0 aliphatic rings. The van der Waals surface area contributed by atoms with E-state index in [1.54, 1.807) is 0 Å². The molecule has 2 N–H and O–H groups in total. The minimum atomic E-state index is -1.52. The molecular formula is C5H5NO5. The lowest BCUT2D eigenvalue weighted by molar-refractivity contribution is -0.144. The molecule has 6 nitrogen and oxygen atoms in total. The number of carbonyl (C=O) groups is 2. The van der Waals surface area contributed by atoms with E-state index in [0.29, 0.717) is 0 Å². The number of aliphatic imine (C=N–C) groups is 1. The molecule has 0 aromatic rings. The summed E-state index contributed by atoms with van der Waals surface area (Å²) < 4.78 is 0. The molecule has 0 rings (SSSR count). The summed E-state index contributed by atoms with van der Waals surface area (Å²) in [6.07, 6.45) is 0.282. The van der Waals surface area contributed by atoms with Crippen molar-refractivity contribution >= 4 is 18.0 Å². The first kappa shape index (κ1) is 9.32. The van der Waals surface area contributed by atoms with Gasteiger partial charge in [0.15, 0.2) is 6.04 Å². The van der Waals surface area contributed by atoms with Crippen LogP contribution in [0, 0.1) is 0 Å². The van der Waals surface area contributed by atoms with Crippen LogP contribution in [0.5, 0.6) is 0 Å². The third-order valence-corrected chi connectivity index (χ3v) is 0.862. The van der Waals surface area contributed by atoms with Crippen molar-refractivity contribution in [3.8, 4) is 0 Å². The second kappa shape index (κ2) is 4.19. The highest BCUT2D eigenvalue weighted by atomic mass is 16.4. The van der Waals surface area contributed by atoms with Crippen molar-refractivity contribution in [2.75, 3.05) is 0 Å². The van der Waals surface area contributed by atoms with E-state index >= 15 is 0 Å². The van der Waals surface area contributed by atoms with Crippen molar-refractivity contribution in [1.29, 1.82) is 0 Å². The maximum absolute atomic E-state index is 10.1. The number of isocyanates is 1. The summed E-state index contributed by atoms with van der Waals surface area (Å²) in [4.78, 5) is 32.4. The summed E-state index contributed by atoms with van der Waals surface area (Å²) in [5.74, 6) is -2.77. The third-order valence-electron chi connectivity index (χ3n) is 0.862. The van der Waals surface area contributed by atoms with Crippen LogP contribution in [0.15, 0.2) is 4.99 Å². The summed E-state index contributed by atoms with van der Waals surface area (Å²) >= 11 is 0. The summed E-state index contributed by atoms with van der Waals surface area (Å²) in [5, 5.41) is 16.3. The van der Waals surface area contributed by atoms with Crippen molar-refractivity contribution in [2.24, 2.45) is 4.99 Å².